The van der Waals surface area contributed by atoms with Crippen molar-refractivity contribution in [2.45, 2.75) is 0 Å². The van der Waals surface area contributed by atoms with Crippen LogP contribution in [-0.4, -0.2) is 20.7 Å². The standard InChI is InChI=1S/C23H14BrClN4O/c1-14-16-9-5-10-17(15-7-3-2-4-8-15)21(16)27-23(30-14)19-13-20(24)28-29(19)22-18(25)11-6-12-26-22/h2-13H,1H2. The van der Waals surface area contributed by atoms with Gasteiger partial charge in [0.25, 0.3) is 0 Å². The van der Waals surface area contributed by atoms with Crippen molar-refractivity contribution >= 4 is 44.9 Å². The molecule has 0 atom stereocenters. The molecular weight excluding hydrogens is 464 g/mol. The Morgan fingerprint density at radius 3 is 2.57 bits per heavy atom. The average Bonchev–Trinajstić information content (AvgIpc) is 3.16. The first kappa shape index (κ1) is 18.8. The van der Waals surface area contributed by atoms with E-state index in [9.17, 15) is 0 Å². The van der Waals surface area contributed by atoms with E-state index in [-0.39, 0.29) is 0 Å². The van der Waals surface area contributed by atoms with Crippen LogP contribution in [0.25, 0.3) is 22.7 Å². The van der Waals surface area contributed by atoms with Crippen LogP contribution < -0.4 is 0 Å². The summed E-state index contributed by atoms with van der Waals surface area (Å²) in [6.45, 7) is 4.11. The highest BCUT2D eigenvalue weighted by Gasteiger charge is 2.25. The first-order valence-corrected chi connectivity index (χ1v) is 10.3. The monoisotopic (exact) mass is 476 g/mol. The van der Waals surface area contributed by atoms with E-state index in [0.717, 1.165) is 22.4 Å². The Morgan fingerprint density at radius 2 is 1.77 bits per heavy atom. The summed E-state index contributed by atoms with van der Waals surface area (Å²) in [6.07, 6.45) is 1.66. The fourth-order valence-corrected chi connectivity index (χ4v) is 3.92. The van der Waals surface area contributed by atoms with Crippen LogP contribution in [0.5, 0.6) is 0 Å². The molecule has 0 spiro atoms. The van der Waals surface area contributed by atoms with E-state index in [1.807, 2.05) is 42.5 Å². The number of hydrogen-bond acceptors (Lipinski definition) is 4. The maximum atomic E-state index is 6.36. The molecule has 2 aromatic heterocycles. The predicted octanol–water partition coefficient (Wildman–Crippen LogP) is 6.43. The molecule has 5 nitrogen and oxygen atoms in total. The van der Waals surface area contributed by atoms with Gasteiger partial charge >= 0.3 is 0 Å². The van der Waals surface area contributed by atoms with Crippen molar-refractivity contribution in [1.29, 1.82) is 0 Å². The summed E-state index contributed by atoms with van der Waals surface area (Å²) in [7, 11) is 0. The second-order valence-electron chi connectivity index (χ2n) is 6.58. The minimum atomic E-state index is 0.371. The normalized spacial score (nSPS) is 12.9. The Bertz CT molecular complexity index is 1310. The van der Waals surface area contributed by atoms with Crippen LogP contribution in [0.2, 0.25) is 5.02 Å². The summed E-state index contributed by atoms with van der Waals surface area (Å²) in [4.78, 5) is 9.21. The smallest absolute Gasteiger partial charge is 0.246 e. The largest absolute Gasteiger partial charge is 0.437 e. The van der Waals surface area contributed by atoms with Crippen molar-refractivity contribution in [2.24, 2.45) is 4.99 Å². The molecule has 0 fully saturated rings. The molecule has 30 heavy (non-hydrogen) atoms. The third-order valence-electron chi connectivity index (χ3n) is 4.69. The second kappa shape index (κ2) is 7.55. The van der Waals surface area contributed by atoms with E-state index in [1.165, 1.54) is 0 Å². The summed E-state index contributed by atoms with van der Waals surface area (Å²) in [5.74, 6) is 1.37. The lowest BCUT2D eigenvalue weighted by atomic mass is 9.99. The Morgan fingerprint density at radius 1 is 0.967 bits per heavy atom. The number of ether oxygens (including phenoxy) is 1. The fourth-order valence-electron chi connectivity index (χ4n) is 3.34. The molecule has 0 unspecified atom stereocenters. The molecule has 0 saturated carbocycles. The third kappa shape index (κ3) is 3.24. The molecule has 0 aliphatic carbocycles. The molecule has 7 heteroatoms. The van der Waals surface area contributed by atoms with Gasteiger partial charge in [-0.25, -0.2) is 14.7 Å². The van der Waals surface area contributed by atoms with Crippen LogP contribution in [-0.2, 0) is 4.74 Å². The van der Waals surface area contributed by atoms with Gasteiger partial charge in [0.2, 0.25) is 5.90 Å². The zero-order valence-corrected chi connectivity index (χ0v) is 17.9. The lowest BCUT2D eigenvalue weighted by Gasteiger charge is -2.21. The molecule has 0 saturated heterocycles. The molecule has 1 aliphatic rings. The Kier molecular flexibility index (Phi) is 4.73. The molecule has 3 heterocycles. The van der Waals surface area contributed by atoms with Gasteiger partial charge in [0.1, 0.15) is 16.1 Å². The number of benzene rings is 2. The van der Waals surface area contributed by atoms with Gasteiger partial charge in [0.15, 0.2) is 5.82 Å². The van der Waals surface area contributed by atoms with Crippen molar-refractivity contribution in [3.63, 3.8) is 0 Å². The molecule has 4 aromatic rings. The van der Waals surface area contributed by atoms with Gasteiger partial charge in [-0.2, -0.15) is 5.10 Å². The molecular formula is C23H14BrClN4O. The lowest BCUT2D eigenvalue weighted by molar-refractivity contribution is 0.500. The van der Waals surface area contributed by atoms with Gasteiger partial charge in [-0.15, -0.1) is 0 Å². The van der Waals surface area contributed by atoms with Crippen LogP contribution in [0.15, 0.2) is 89.1 Å². The van der Waals surface area contributed by atoms with Gasteiger partial charge in [-0.3, -0.25) is 0 Å². The van der Waals surface area contributed by atoms with Crippen molar-refractivity contribution in [2.75, 3.05) is 0 Å². The van der Waals surface area contributed by atoms with Crippen LogP contribution in [0.1, 0.15) is 11.3 Å². The first-order valence-electron chi connectivity index (χ1n) is 9.13. The number of pyridine rings is 1. The second-order valence-corrected chi connectivity index (χ2v) is 7.80. The minimum Gasteiger partial charge on any atom is -0.437 e. The van der Waals surface area contributed by atoms with Crippen molar-refractivity contribution in [1.82, 2.24) is 14.8 Å². The number of halogens is 2. The van der Waals surface area contributed by atoms with E-state index in [2.05, 4.69) is 44.7 Å². The highest BCUT2D eigenvalue weighted by atomic mass is 79.9. The van der Waals surface area contributed by atoms with Crippen molar-refractivity contribution in [3.05, 3.63) is 100 Å². The van der Waals surface area contributed by atoms with Crippen molar-refractivity contribution < 1.29 is 4.74 Å². The summed E-state index contributed by atoms with van der Waals surface area (Å²) in [5.41, 5.74) is 4.31. The molecule has 146 valence electrons. The SMILES string of the molecule is C=C1OC(c2cc(Br)nn2-c2ncccc2Cl)=Nc2c1cccc2-c1ccccc1. The lowest BCUT2D eigenvalue weighted by Crippen LogP contribution is -2.16. The van der Waals surface area contributed by atoms with Crippen LogP contribution in [0.4, 0.5) is 5.69 Å². The van der Waals surface area contributed by atoms with Gasteiger partial charge in [-0.05, 0) is 39.7 Å². The minimum absolute atomic E-state index is 0.371. The number of hydrogen-bond donors (Lipinski definition) is 0. The quantitative estimate of drug-likeness (QED) is 0.342. The summed E-state index contributed by atoms with van der Waals surface area (Å²) in [5, 5.41) is 4.94. The Labute approximate surface area is 186 Å². The highest BCUT2D eigenvalue weighted by molar-refractivity contribution is 9.10. The van der Waals surface area contributed by atoms with Crippen LogP contribution in [0.3, 0.4) is 0 Å². The fraction of sp³-hybridized carbons (Fsp3) is 0. The molecule has 0 amide bonds. The average molecular weight is 478 g/mol. The van der Waals surface area contributed by atoms with E-state index in [0.29, 0.717) is 32.8 Å². The molecule has 0 bridgehead atoms. The molecule has 5 rings (SSSR count). The molecule has 2 aromatic carbocycles. The summed E-state index contributed by atoms with van der Waals surface area (Å²) in [6, 6.07) is 21.4. The van der Waals surface area contributed by atoms with Crippen LogP contribution >= 0.6 is 27.5 Å². The summed E-state index contributed by atoms with van der Waals surface area (Å²) < 4.78 is 8.22. The number of fused-ring (bicyclic) bond motifs is 1. The number of rotatable bonds is 3. The maximum Gasteiger partial charge on any atom is 0.246 e. The van der Waals surface area contributed by atoms with E-state index in [4.69, 9.17) is 21.3 Å². The number of nitrogens with zero attached hydrogens (tertiary/aromatic N) is 4. The first-order chi connectivity index (χ1) is 14.6. The van der Waals surface area contributed by atoms with Gasteiger partial charge < -0.3 is 4.74 Å². The summed E-state index contributed by atoms with van der Waals surface area (Å²) >= 11 is 9.79. The molecule has 0 N–H and O–H groups in total. The maximum absolute atomic E-state index is 6.36. The van der Waals surface area contributed by atoms with Gasteiger partial charge in [0, 0.05) is 23.4 Å². The Balaban J connectivity index is 1.71. The van der Waals surface area contributed by atoms with Gasteiger partial charge in [0.05, 0.1) is 10.7 Å². The van der Waals surface area contributed by atoms with E-state index >= 15 is 0 Å². The van der Waals surface area contributed by atoms with Crippen molar-refractivity contribution in [3.8, 4) is 16.9 Å². The zero-order chi connectivity index (χ0) is 20.7. The van der Waals surface area contributed by atoms with Gasteiger partial charge in [-0.1, -0.05) is 60.6 Å². The molecule has 1 aliphatic heterocycles. The zero-order valence-electron chi connectivity index (χ0n) is 15.6. The highest BCUT2D eigenvalue weighted by Crippen LogP contribution is 2.40. The number of aromatic nitrogens is 3. The Hall–Kier alpha value is -3.22. The topological polar surface area (TPSA) is 52.3 Å². The predicted molar refractivity (Wildman–Crippen MR) is 122 cm³/mol. The molecule has 0 radical (unpaired) electrons. The van der Waals surface area contributed by atoms with Crippen LogP contribution in [0, 0.1) is 0 Å². The van der Waals surface area contributed by atoms with E-state index in [1.54, 1.807) is 23.0 Å². The van der Waals surface area contributed by atoms with E-state index < -0.39 is 0 Å². The number of aliphatic imine (C=N–C) groups is 1. The number of para-hydroxylation sites is 1. The third-order valence-corrected chi connectivity index (χ3v) is 5.38.